The van der Waals surface area contributed by atoms with Gasteiger partial charge in [0, 0.05) is 32.2 Å². The molecule has 2 rings (SSSR count). The highest BCUT2D eigenvalue weighted by Gasteiger charge is 2.19. The summed E-state index contributed by atoms with van der Waals surface area (Å²) in [5, 5.41) is 6.99. The second kappa shape index (κ2) is 11.7. The Balaban J connectivity index is 1.86. The van der Waals surface area contributed by atoms with Gasteiger partial charge in [0.15, 0.2) is 17.5 Å². The lowest BCUT2D eigenvalue weighted by Crippen LogP contribution is -2.48. The van der Waals surface area contributed by atoms with Crippen molar-refractivity contribution in [1.29, 1.82) is 0 Å². The normalized spacial score (nSPS) is 16.2. The average molecular weight is 377 g/mol. The minimum Gasteiger partial charge on any atom is -0.493 e. The number of guanidine groups is 1. The molecule has 0 atom stereocenters. The van der Waals surface area contributed by atoms with Gasteiger partial charge in [0.1, 0.15) is 0 Å². The first kappa shape index (κ1) is 21.4. The molecule has 1 heterocycles. The third kappa shape index (κ3) is 6.94. The molecule has 1 aliphatic heterocycles. The summed E-state index contributed by atoms with van der Waals surface area (Å²) < 4.78 is 10.7. The van der Waals surface area contributed by atoms with Crippen LogP contribution in [0.5, 0.6) is 11.5 Å². The molecular weight excluding hydrogens is 340 g/mol. The van der Waals surface area contributed by atoms with Crippen LogP contribution >= 0.6 is 0 Å². The van der Waals surface area contributed by atoms with Crippen LogP contribution < -0.4 is 20.1 Å². The van der Waals surface area contributed by atoms with E-state index >= 15 is 0 Å². The van der Waals surface area contributed by atoms with Crippen molar-refractivity contribution in [2.45, 2.75) is 45.6 Å². The number of hydrogen-bond acceptors (Lipinski definition) is 4. The van der Waals surface area contributed by atoms with E-state index in [0.717, 1.165) is 37.0 Å². The van der Waals surface area contributed by atoms with Crippen molar-refractivity contribution in [3.05, 3.63) is 23.8 Å². The van der Waals surface area contributed by atoms with Gasteiger partial charge in [-0.3, -0.25) is 4.99 Å². The van der Waals surface area contributed by atoms with Crippen molar-refractivity contribution in [3.63, 3.8) is 0 Å². The molecule has 6 nitrogen and oxygen atoms in total. The van der Waals surface area contributed by atoms with Gasteiger partial charge in [0.25, 0.3) is 0 Å². The fourth-order valence-electron chi connectivity index (χ4n) is 3.46. The second-order valence-corrected chi connectivity index (χ2v) is 6.96. The van der Waals surface area contributed by atoms with Gasteiger partial charge in [-0.15, -0.1) is 0 Å². The monoisotopic (exact) mass is 376 g/mol. The summed E-state index contributed by atoms with van der Waals surface area (Å²) in [4.78, 5) is 7.32. The molecule has 1 aromatic carbocycles. The molecule has 1 fully saturated rings. The molecule has 0 aromatic heterocycles. The smallest absolute Gasteiger partial charge is 0.191 e. The number of benzene rings is 1. The third-order valence-electron chi connectivity index (χ3n) is 4.93. The standard InChI is InChI=1S/C21H36N4O2/c1-5-13-25-14-10-18(11-15-25)24-21(22-6-2)23-12-9-17-7-8-19(26-3)20(16-17)27-4/h7-8,16,18H,5-6,9-15H2,1-4H3,(H2,22,23,24). The molecule has 0 aliphatic carbocycles. The van der Waals surface area contributed by atoms with E-state index in [1.54, 1.807) is 14.2 Å². The van der Waals surface area contributed by atoms with Crippen LogP contribution in [0.1, 0.15) is 38.7 Å². The van der Waals surface area contributed by atoms with Crippen molar-refractivity contribution in [3.8, 4) is 11.5 Å². The molecule has 27 heavy (non-hydrogen) atoms. The number of piperidine rings is 1. The first-order chi connectivity index (χ1) is 13.2. The maximum absolute atomic E-state index is 5.38. The Morgan fingerprint density at radius 2 is 1.89 bits per heavy atom. The molecule has 2 N–H and O–H groups in total. The molecular formula is C21H36N4O2. The number of nitrogens with one attached hydrogen (secondary N) is 2. The summed E-state index contributed by atoms with van der Waals surface area (Å²) >= 11 is 0. The van der Waals surface area contributed by atoms with Crippen LogP contribution in [-0.2, 0) is 6.42 Å². The zero-order valence-electron chi connectivity index (χ0n) is 17.4. The maximum atomic E-state index is 5.38. The van der Waals surface area contributed by atoms with E-state index in [9.17, 15) is 0 Å². The summed E-state index contributed by atoms with van der Waals surface area (Å²) in [6.07, 6.45) is 4.46. The van der Waals surface area contributed by atoms with Crippen LogP contribution in [0.2, 0.25) is 0 Å². The van der Waals surface area contributed by atoms with Crippen LogP contribution in [0.25, 0.3) is 0 Å². The fraction of sp³-hybridized carbons (Fsp3) is 0.667. The second-order valence-electron chi connectivity index (χ2n) is 6.96. The number of likely N-dealkylation sites (tertiary alicyclic amines) is 1. The number of hydrogen-bond donors (Lipinski definition) is 2. The van der Waals surface area contributed by atoms with Gasteiger partial charge in [0.05, 0.1) is 14.2 Å². The quantitative estimate of drug-likeness (QED) is 0.513. The summed E-state index contributed by atoms with van der Waals surface area (Å²) in [5.74, 6) is 2.45. The van der Waals surface area contributed by atoms with Gasteiger partial charge in [-0.2, -0.15) is 0 Å². The summed E-state index contributed by atoms with van der Waals surface area (Å²) in [6.45, 7) is 9.53. The Morgan fingerprint density at radius 3 is 2.52 bits per heavy atom. The summed E-state index contributed by atoms with van der Waals surface area (Å²) in [7, 11) is 3.32. The molecule has 6 heteroatoms. The molecule has 0 amide bonds. The van der Waals surface area contributed by atoms with E-state index in [0.29, 0.717) is 6.04 Å². The van der Waals surface area contributed by atoms with Crippen LogP contribution in [0.4, 0.5) is 0 Å². The molecule has 0 spiro atoms. The number of rotatable bonds is 9. The molecule has 0 radical (unpaired) electrons. The predicted molar refractivity (Wildman–Crippen MR) is 112 cm³/mol. The molecule has 0 saturated carbocycles. The Kier molecular flexibility index (Phi) is 9.25. The van der Waals surface area contributed by atoms with E-state index in [4.69, 9.17) is 14.5 Å². The topological polar surface area (TPSA) is 58.1 Å². The Labute approximate surface area is 164 Å². The highest BCUT2D eigenvalue weighted by molar-refractivity contribution is 5.80. The summed E-state index contributed by atoms with van der Waals surface area (Å²) in [6, 6.07) is 6.56. The molecule has 0 bridgehead atoms. The average Bonchev–Trinajstić information content (AvgIpc) is 2.69. The van der Waals surface area contributed by atoms with Crippen molar-refractivity contribution < 1.29 is 9.47 Å². The largest absolute Gasteiger partial charge is 0.493 e. The van der Waals surface area contributed by atoms with Crippen molar-refractivity contribution >= 4 is 5.96 Å². The van der Waals surface area contributed by atoms with Gasteiger partial charge in [-0.1, -0.05) is 13.0 Å². The van der Waals surface area contributed by atoms with Crippen molar-refractivity contribution in [2.75, 3.05) is 46.9 Å². The first-order valence-corrected chi connectivity index (χ1v) is 10.2. The molecule has 1 aliphatic rings. The number of aliphatic imine (C=N–C) groups is 1. The highest BCUT2D eigenvalue weighted by Crippen LogP contribution is 2.27. The van der Waals surface area contributed by atoms with Crippen LogP contribution in [0.3, 0.4) is 0 Å². The number of methoxy groups -OCH3 is 2. The predicted octanol–water partition coefficient (Wildman–Crippen LogP) is 2.68. The van der Waals surface area contributed by atoms with E-state index in [-0.39, 0.29) is 0 Å². The van der Waals surface area contributed by atoms with Gasteiger partial charge in [-0.25, -0.2) is 0 Å². The van der Waals surface area contributed by atoms with Crippen molar-refractivity contribution in [1.82, 2.24) is 15.5 Å². The number of nitrogens with zero attached hydrogens (tertiary/aromatic N) is 2. The van der Waals surface area contributed by atoms with Crippen LogP contribution in [0, 0.1) is 0 Å². The lowest BCUT2D eigenvalue weighted by molar-refractivity contribution is 0.206. The van der Waals surface area contributed by atoms with Crippen LogP contribution in [0.15, 0.2) is 23.2 Å². The lowest BCUT2D eigenvalue weighted by Gasteiger charge is -2.32. The van der Waals surface area contributed by atoms with E-state index < -0.39 is 0 Å². The van der Waals surface area contributed by atoms with Gasteiger partial charge in [-0.05, 0) is 56.8 Å². The van der Waals surface area contributed by atoms with Gasteiger partial charge < -0.3 is 25.0 Å². The number of ether oxygens (including phenoxy) is 2. The summed E-state index contributed by atoms with van der Waals surface area (Å²) in [5.41, 5.74) is 1.19. The SMILES string of the molecule is CCCN1CCC(NC(=NCCc2ccc(OC)c(OC)c2)NCC)CC1. The van der Waals surface area contributed by atoms with E-state index in [1.165, 1.54) is 44.5 Å². The molecule has 152 valence electrons. The minimum absolute atomic E-state index is 0.511. The lowest BCUT2D eigenvalue weighted by atomic mass is 10.1. The molecule has 1 aromatic rings. The van der Waals surface area contributed by atoms with Crippen molar-refractivity contribution in [2.24, 2.45) is 4.99 Å². The first-order valence-electron chi connectivity index (χ1n) is 10.2. The fourth-order valence-corrected chi connectivity index (χ4v) is 3.46. The minimum atomic E-state index is 0.511. The van der Waals surface area contributed by atoms with Gasteiger partial charge >= 0.3 is 0 Å². The van der Waals surface area contributed by atoms with E-state index in [1.807, 2.05) is 12.1 Å². The molecule has 0 unspecified atom stereocenters. The maximum Gasteiger partial charge on any atom is 0.191 e. The van der Waals surface area contributed by atoms with Gasteiger partial charge in [0.2, 0.25) is 0 Å². The highest BCUT2D eigenvalue weighted by atomic mass is 16.5. The third-order valence-corrected chi connectivity index (χ3v) is 4.93. The Bertz CT molecular complexity index is 584. The zero-order valence-corrected chi connectivity index (χ0v) is 17.4. The van der Waals surface area contributed by atoms with Crippen LogP contribution in [-0.4, -0.2) is 63.8 Å². The zero-order chi connectivity index (χ0) is 19.5. The van der Waals surface area contributed by atoms with E-state index in [2.05, 4.69) is 35.4 Å². The molecule has 1 saturated heterocycles. The Morgan fingerprint density at radius 1 is 1.15 bits per heavy atom. The Hall–Kier alpha value is -1.95.